The first kappa shape index (κ1) is 18.9. The van der Waals surface area contributed by atoms with Crippen molar-refractivity contribution in [3.8, 4) is 11.4 Å². The summed E-state index contributed by atoms with van der Waals surface area (Å²) in [5.41, 5.74) is 2.01. The van der Waals surface area contributed by atoms with Crippen LogP contribution in [0.3, 0.4) is 0 Å². The van der Waals surface area contributed by atoms with Gasteiger partial charge in [0.1, 0.15) is 0 Å². The molecule has 0 bridgehead atoms. The summed E-state index contributed by atoms with van der Waals surface area (Å²) < 4.78 is 0. The zero-order valence-electron chi connectivity index (χ0n) is 14.3. The second-order valence-corrected chi connectivity index (χ2v) is 6.89. The van der Waals surface area contributed by atoms with Gasteiger partial charge in [-0.1, -0.05) is 47.6 Å². The molecule has 3 aromatic rings. The van der Waals surface area contributed by atoms with Crippen LogP contribution in [-0.2, 0) is 9.59 Å². The van der Waals surface area contributed by atoms with Crippen LogP contribution in [0.5, 0.6) is 0 Å². The fraction of sp³-hybridized carbons (Fsp3) is 0.111. The molecule has 2 amide bonds. The van der Waals surface area contributed by atoms with E-state index in [1.807, 2.05) is 12.1 Å². The molecule has 0 aliphatic rings. The van der Waals surface area contributed by atoms with Gasteiger partial charge >= 0.3 is 0 Å². The molecular formula is C18H16ClN5O2S. The molecule has 1 aromatic heterocycles. The average Bonchev–Trinajstić information content (AvgIpc) is 3.11. The van der Waals surface area contributed by atoms with E-state index in [9.17, 15) is 9.59 Å². The number of halogens is 1. The van der Waals surface area contributed by atoms with Crippen LogP contribution in [-0.4, -0.2) is 32.7 Å². The number of aromatic amines is 1. The minimum Gasteiger partial charge on any atom is -0.326 e. The Morgan fingerprint density at radius 1 is 1.15 bits per heavy atom. The summed E-state index contributed by atoms with van der Waals surface area (Å²) in [6, 6.07) is 14.3. The number of benzene rings is 2. The first-order valence-electron chi connectivity index (χ1n) is 7.99. The normalized spacial score (nSPS) is 10.4. The molecule has 7 nitrogen and oxygen atoms in total. The number of anilines is 2. The summed E-state index contributed by atoms with van der Waals surface area (Å²) in [7, 11) is 0. The van der Waals surface area contributed by atoms with E-state index in [0.717, 1.165) is 5.56 Å². The number of thioether (sulfide) groups is 1. The number of para-hydroxylation sites is 1. The predicted octanol–water partition coefficient (Wildman–Crippen LogP) is 3.81. The molecule has 0 spiro atoms. The summed E-state index contributed by atoms with van der Waals surface area (Å²) in [5, 5.41) is 13.3. The first-order chi connectivity index (χ1) is 13.0. The molecule has 0 saturated heterocycles. The Kier molecular flexibility index (Phi) is 6.10. The van der Waals surface area contributed by atoms with E-state index in [-0.39, 0.29) is 17.6 Å². The maximum atomic E-state index is 12.1. The third-order valence-electron chi connectivity index (χ3n) is 3.40. The molecule has 0 radical (unpaired) electrons. The van der Waals surface area contributed by atoms with Crippen LogP contribution < -0.4 is 10.6 Å². The third kappa shape index (κ3) is 5.32. The average molecular weight is 402 g/mol. The number of hydrogen-bond donors (Lipinski definition) is 3. The van der Waals surface area contributed by atoms with Crippen LogP contribution in [0, 0.1) is 0 Å². The van der Waals surface area contributed by atoms with Gasteiger partial charge in [-0.2, -0.15) is 0 Å². The second-order valence-electron chi connectivity index (χ2n) is 5.55. The Morgan fingerprint density at radius 2 is 1.96 bits per heavy atom. The molecule has 9 heteroatoms. The Hall–Kier alpha value is -2.84. The molecule has 3 N–H and O–H groups in total. The lowest BCUT2D eigenvalue weighted by Crippen LogP contribution is -2.14. The Bertz CT molecular complexity index is 976. The van der Waals surface area contributed by atoms with Crippen LogP contribution in [0.1, 0.15) is 6.92 Å². The molecule has 0 fully saturated rings. The van der Waals surface area contributed by atoms with E-state index in [1.54, 1.807) is 36.4 Å². The highest BCUT2D eigenvalue weighted by Gasteiger charge is 2.11. The highest BCUT2D eigenvalue weighted by molar-refractivity contribution is 7.99. The number of rotatable bonds is 6. The largest absolute Gasteiger partial charge is 0.326 e. The summed E-state index contributed by atoms with van der Waals surface area (Å²) in [5.74, 6) is 0.350. The maximum absolute atomic E-state index is 12.1. The number of nitrogens with one attached hydrogen (secondary N) is 3. The zero-order chi connectivity index (χ0) is 19.2. The number of aromatic nitrogens is 3. The summed E-state index contributed by atoms with van der Waals surface area (Å²) in [6.45, 7) is 1.45. The van der Waals surface area contributed by atoms with Crippen molar-refractivity contribution in [3.63, 3.8) is 0 Å². The molecule has 3 rings (SSSR count). The summed E-state index contributed by atoms with van der Waals surface area (Å²) >= 11 is 7.23. The van der Waals surface area contributed by atoms with Gasteiger partial charge in [-0.15, -0.1) is 5.10 Å². The van der Waals surface area contributed by atoms with Crippen LogP contribution in [0.4, 0.5) is 11.4 Å². The van der Waals surface area contributed by atoms with Crippen LogP contribution >= 0.6 is 23.4 Å². The van der Waals surface area contributed by atoms with Gasteiger partial charge in [0.05, 0.1) is 16.5 Å². The number of H-pyrrole nitrogens is 1. The highest BCUT2D eigenvalue weighted by Crippen LogP contribution is 2.23. The fourth-order valence-corrected chi connectivity index (χ4v) is 3.05. The van der Waals surface area contributed by atoms with Crippen molar-refractivity contribution in [2.45, 2.75) is 12.1 Å². The van der Waals surface area contributed by atoms with Crippen molar-refractivity contribution in [2.24, 2.45) is 0 Å². The van der Waals surface area contributed by atoms with Gasteiger partial charge in [0, 0.05) is 18.2 Å². The fourth-order valence-electron chi connectivity index (χ4n) is 2.27. The molecule has 0 saturated carbocycles. The molecule has 1 heterocycles. The summed E-state index contributed by atoms with van der Waals surface area (Å²) in [4.78, 5) is 27.6. The van der Waals surface area contributed by atoms with Crippen molar-refractivity contribution in [3.05, 3.63) is 53.6 Å². The molecule has 0 aliphatic carbocycles. The van der Waals surface area contributed by atoms with Crippen molar-refractivity contribution < 1.29 is 9.59 Å². The second kappa shape index (κ2) is 8.70. The zero-order valence-corrected chi connectivity index (χ0v) is 15.9. The third-order valence-corrected chi connectivity index (χ3v) is 4.58. The molecular weight excluding hydrogens is 386 g/mol. The van der Waals surface area contributed by atoms with Gasteiger partial charge in [-0.3, -0.25) is 14.7 Å². The quantitative estimate of drug-likeness (QED) is 0.545. The lowest BCUT2D eigenvalue weighted by molar-refractivity contribution is -0.114. The van der Waals surface area contributed by atoms with Crippen molar-refractivity contribution in [1.29, 1.82) is 0 Å². The predicted molar refractivity (Wildman–Crippen MR) is 107 cm³/mol. The Labute approximate surface area is 164 Å². The molecule has 0 aliphatic heterocycles. The monoisotopic (exact) mass is 401 g/mol. The lowest BCUT2D eigenvalue weighted by Gasteiger charge is -2.05. The molecule has 0 atom stereocenters. The van der Waals surface area contributed by atoms with Gasteiger partial charge in [0.15, 0.2) is 5.82 Å². The van der Waals surface area contributed by atoms with Crippen LogP contribution in [0.2, 0.25) is 5.02 Å². The van der Waals surface area contributed by atoms with E-state index in [1.165, 1.54) is 18.7 Å². The van der Waals surface area contributed by atoms with Crippen molar-refractivity contribution in [2.75, 3.05) is 16.4 Å². The van der Waals surface area contributed by atoms with Gasteiger partial charge in [0.25, 0.3) is 0 Å². The van der Waals surface area contributed by atoms with E-state index in [0.29, 0.717) is 27.4 Å². The number of nitrogens with zero attached hydrogens (tertiary/aromatic N) is 2. The Morgan fingerprint density at radius 3 is 2.74 bits per heavy atom. The van der Waals surface area contributed by atoms with Gasteiger partial charge in [0.2, 0.25) is 17.0 Å². The first-order valence-corrected chi connectivity index (χ1v) is 9.35. The summed E-state index contributed by atoms with van der Waals surface area (Å²) in [6.07, 6.45) is 0. The number of hydrogen-bond acceptors (Lipinski definition) is 5. The van der Waals surface area contributed by atoms with E-state index >= 15 is 0 Å². The number of carbonyl (C=O) groups is 2. The molecule has 0 unspecified atom stereocenters. The minimum absolute atomic E-state index is 0.147. The minimum atomic E-state index is -0.202. The van der Waals surface area contributed by atoms with E-state index in [4.69, 9.17) is 11.6 Å². The Balaban J connectivity index is 1.60. The van der Waals surface area contributed by atoms with Gasteiger partial charge < -0.3 is 10.6 Å². The van der Waals surface area contributed by atoms with Gasteiger partial charge in [-0.05, 0) is 24.3 Å². The maximum Gasteiger partial charge on any atom is 0.234 e. The van der Waals surface area contributed by atoms with Gasteiger partial charge in [-0.25, -0.2) is 4.98 Å². The van der Waals surface area contributed by atoms with E-state index < -0.39 is 0 Å². The SMILES string of the molecule is CC(=O)Nc1cccc(-c2nc(SCC(=O)Nc3ccccc3Cl)n[nH]2)c1. The standard InChI is InChI=1S/C18H16ClN5O2S/c1-11(25)20-13-6-4-5-12(9-13)17-22-18(24-23-17)27-10-16(26)21-15-8-3-2-7-14(15)19/h2-9H,10H2,1H3,(H,20,25)(H,21,26)(H,22,23,24). The molecule has 2 aromatic carbocycles. The molecule has 138 valence electrons. The topological polar surface area (TPSA) is 99.8 Å². The smallest absolute Gasteiger partial charge is 0.234 e. The van der Waals surface area contributed by atoms with Crippen molar-refractivity contribution in [1.82, 2.24) is 15.2 Å². The van der Waals surface area contributed by atoms with Crippen LogP contribution in [0.25, 0.3) is 11.4 Å². The van der Waals surface area contributed by atoms with E-state index in [2.05, 4.69) is 25.8 Å². The van der Waals surface area contributed by atoms with Crippen molar-refractivity contribution >= 4 is 46.6 Å². The highest BCUT2D eigenvalue weighted by atomic mass is 35.5. The lowest BCUT2D eigenvalue weighted by atomic mass is 10.2. The number of amides is 2. The molecule has 27 heavy (non-hydrogen) atoms. The number of carbonyl (C=O) groups excluding carboxylic acids is 2. The van der Waals surface area contributed by atoms with Crippen LogP contribution in [0.15, 0.2) is 53.7 Å².